The minimum absolute atomic E-state index is 0.178. The molecule has 0 saturated heterocycles. The molecule has 1 N–H and O–H groups in total. The van der Waals surface area contributed by atoms with E-state index in [2.05, 4.69) is 34.9 Å². The van der Waals surface area contributed by atoms with Gasteiger partial charge in [-0.05, 0) is 25.1 Å². The van der Waals surface area contributed by atoms with Gasteiger partial charge in [0.2, 0.25) is 0 Å². The molecule has 0 radical (unpaired) electrons. The largest absolute Gasteiger partial charge is 0.458 e. The minimum atomic E-state index is -3.25. The van der Waals surface area contributed by atoms with Crippen LogP contribution in [0, 0.1) is 0 Å². The highest BCUT2D eigenvalue weighted by Gasteiger charge is 2.37. The molecular formula is C12H17BrNO3P. The van der Waals surface area contributed by atoms with Crippen LogP contribution >= 0.6 is 23.7 Å². The van der Waals surface area contributed by atoms with Crippen LogP contribution in [0.5, 0.6) is 5.75 Å². The van der Waals surface area contributed by atoms with Crippen molar-refractivity contribution < 1.29 is 13.6 Å². The van der Waals surface area contributed by atoms with Crippen molar-refractivity contribution in [1.29, 1.82) is 0 Å². The second-order valence-corrected chi connectivity index (χ2v) is 7.53. The summed E-state index contributed by atoms with van der Waals surface area (Å²) in [5.41, 5.74) is 0.837. The lowest BCUT2D eigenvalue weighted by Crippen LogP contribution is -2.30. The van der Waals surface area contributed by atoms with Crippen LogP contribution in [-0.2, 0) is 14.5 Å². The van der Waals surface area contributed by atoms with Crippen LogP contribution in [-0.4, -0.2) is 13.2 Å². The van der Waals surface area contributed by atoms with Crippen LogP contribution in [0.1, 0.15) is 26.3 Å². The van der Waals surface area contributed by atoms with Crippen molar-refractivity contribution in [3.8, 4) is 5.75 Å². The van der Waals surface area contributed by atoms with E-state index in [9.17, 15) is 4.57 Å². The second kappa shape index (κ2) is 4.97. The third-order valence-electron chi connectivity index (χ3n) is 2.90. The van der Waals surface area contributed by atoms with Gasteiger partial charge in [-0.1, -0.05) is 29.8 Å². The van der Waals surface area contributed by atoms with Gasteiger partial charge in [-0.2, -0.15) is 0 Å². The molecule has 0 saturated carbocycles. The topological polar surface area (TPSA) is 47.6 Å². The lowest BCUT2D eigenvalue weighted by molar-refractivity contribution is 0.270. The molecule has 1 atom stereocenters. The summed E-state index contributed by atoms with van der Waals surface area (Å²) in [7, 11) is -3.25. The summed E-state index contributed by atoms with van der Waals surface area (Å²) in [5.74, 6) is 0.616. The van der Waals surface area contributed by atoms with Crippen LogP contribution in [0.25, 0.3) is 0 Å². The van der Waals surface area contributed by atoms with E-state index in [0.29, 0.717) is 18.9 Å². The highest BCUT2D eigenvalue weighted by Crippen LogP contribution is 2.50. The quantitative estimate of drug-likeness (QED) is 0.835. The molecule has 0 amide bonds. The molecule has 1 heterocycles. The Morgan fingerprint density at radius 3 is 2.94 bits per heavy atom. The molecule has 6 heteroatoms. The van der Waals surface area contributed by atoms with Crippen LogP contribution < -0.4 is 9.61 Å². The van der Waals surface area contributed by atoms with E-state index in [-0.39, 0.29) is 5.41 Å². The number of nitrogens with one attached hydrogen (secondary N) is 1. The lowest BCUT2D eigenvalue weighted by Gasteiger charge is -2.23. The fraction of sp³-hybridized carbons (Fsp3) is 0.500. The summed E-state index contributed by atoms with van der Waals surface area (Å²) in [4.78, 5) is 0. The molecule has 1 aromatic rings. The van der Waals surface area contributed by atoms with Gasteiger partial charge in [-0.3, -0.25) is 4.52 Å². The van der Waals surface area contributed by atoms with E-state index in [4.69, 9.17) is 9.05 Å². The fourth-order valence-corrected chi connectivity index (χ4v) is 3.82. The van der Waals surface area contributed by atoms with Crippen molar-refractivity contribution in [2.75, 3.05) is 13.2 Å². The number of halogens is 1. The zero-order valence-electron chi connectivity index (χ0n) is 10.7. The van der Waals surface area contributed by atoms with E-state index >= 15 is 0 Å². The molecule has 18 heavy (non-hydrogen) atoms. The van der Waals surface area contributed by atoms with Gasteiger partial charge >= 0.3 is 7.75 Å². The molecule has 1 aliphatic rings. The van der Waals surface area contributed by atoms with Crippen molar-refractivity contribution in [2.45, 2.75) is 26.2 Å². The third-order valence-corrected chi connectivity index (χ3v) is 4.98. The number of benzene rings is 1. The number of hydrogen-bond donors (Lipinski definition) is 1. The first-order valence-electron chi connectivity index (χ1n) is 5.86. The molecule has 0 aliphatic carbocycles. The molecule has 0 spiro atoms. The Morgan fingerprint density at radius 1 is 1.56 bits per heavy atom. The van der Waals surface area contributed by atoms with E-state index in [1.807, 2.05) is 18.2 Å². The standard InChI is InChI=1S/C12H17BrNO3P/c1-4-16-18(15)14-8-12(2,3)10-7-9(13)5-6-11(10)17-18/h5-7H,4,8H2,1-3H3,(H,14,15). The molecule has 100 valence electrons. The van der Waals surface area contributed by atoms with Crippen molar-refractivity contribution in [3.05, 3.63) is 28.2 Å². The van der Waals surface area contributed by atoms with Gasteiger partial charge in [-0.15, -0.1) is 0 Å². The maximum atomic E-state index is 12.4. The first-order chi connectivity index (χ1) is 8.36. The normalized spacial score (nSPS) is 26.0. The average molecular weight is 334 g/mol. The van der Waals surface area contributed by atoms with Crippen molar-refractivity contribution in [2.24, 2.45) is 0 Å². The third kappa shape index (κ3) is 2.80. The van der Waals surface area contributed by atoms with E-state index in [1.165, 1.54) is 0 Å². The van der Waals surface area contributed by atoms with Gasteiger partial charge in [0.05, 0.1) is 6.61 Å². The SMILES string of the molecule is CCOP1(=O)NCC(C)(C)c2cc(Br)ccc2O1. The molecule has 2 rings (SSSR count). The predicted octanol–water partition coefficient (Wildman–Crippen LogP) is 3.85. The summed E-state index contributed by atoms with van der Waals surface area (Å²) >= 11 is 3.45. The van der Waals surface area contributed by atoms with E-state index in [0.717, 1.165) is 10.0 Å². The summed E-state index contributed by atoms with van der Waals surface area (Å²) in [6.45, 7) is 6.83. The van der Waals surface area contributed by atoms with E-state index < -0.39 is 7.75 Å². The molecule has 0 bridgehead atoms. The maximum Gasteiger partial charge on any atom is 0.458 e. The molecule has 4 nitrogen and oxygen atoms in total. The van der Waals surface area contributed by atoms with Crippen molar-refractivity contribution in [3.63, 3.8) is 0 Å². The molecule has 0 aromatic heterocycles. The van der Waals surface area contributed by atoms with Gasteiger partial charge in [0.25, 0.3) is 0 Å². The van der Waals surface area contributed by atoms with Gasteiger partial charge < -0.3 is 4.52 Å². The number of fused-ring (bicyclic) bond motifs is 1. The molecule has 1 aliphatic heterocycles. The highest BCUT2D eigenvalue weighted by molar-refractivity contribution is 9.10. The Bertz CT molecular complexity index is 504. The van der Waals surface area contributed by atoms with Crippen LogP contribution in [0.2, 0.25) is 0 Å². The molecule has 0 fully saturated rings. The Kier molecular flexibility index (Phi) is 3.88. The maximum absolute atomic E-state index is 12.4. The fourth-order valence-electron chi connectivity index (χ4n) is 1.90. The van der Waals surface area contributed by atoms with Gasteiger partial charge in [0.1, 0.15) is 5.75 Å². The van der Waals surface area contributed by atoms with Gasteiger partial charge in [0.15, 0.2) is 0 Å². The Morgan fingerprint density at radius 2 is 2.28 bits per heavy atom. The first kappa shape index (κ1) is 14.1. The highest BCUT2D eigenvalue weighted by atomic mass is 79.9. The zero-order valence-corrected chi connectivity index (χ0v) is 13.2. The Hall–Kier alpha value is -0.350. The Labute approximate surface area is 116 Å². The minimum Gasteiger partial charge on any atom is -0.413 e. The first-order valence-corrected chi connectivity index (χ1v) is 8.19. The van der Waals surface area contributed by atoms with E-state index in [1.54, 1.807) is 6.92 Å². The molecular weight excluding hydrogens is 317 g/mol. The summed E-state index contributed by atoms with van der Waals surface area (Å²) in [6, 6.07) is 5.69. The predicted molar refractivity (Wildman–Crippen MR) is 75.0 cm³/mol. The second-order valence-electron chi connectivity index (χ2n) is 4.87. The zero-order chi connectivity index (χ0) is 13.4. The monoisotopic (exact) mass is 333 g/mol. The van der Waals surface area contributed by atoms with Crippen LogP contribution in [0.4, 0.5) is 0 Å². The van der Waals surface area contributed by atoms with Crippen LogP contribution in [0.15, 0.2) is 22.7 Å². The van der Waals surface area contributed by atoms with Crippen molar-refractivity contribution in [1.82, 2.24) is 5.09 Å². The smallest absolute Gasteiger partial charge is 0.413 e. The summed E-state index contributed by atoms with van der Waals surface area (Å²) < 4.78 is 24.2. The van der Waals surface area contributed by atoms with Gasteiger partial charge in [0, 0.05) is 22.0 Å². The number of rotatable bonds is 2. The summed E-state index contributed by atoms with van der Waals surface area (Å²) in [5, 5.41) is 2.91. The molecule has 1 aromatic carbocycles. The Balaban J connectivity index is 2.47. The van der Waals surface area contributed by atoms with Gasteiger partial charge in [-0.25, -0.2) is 9.65 Å². The lowest BCUT2D eigenvalue weighted by atomic mass is 9.84. The van der Waals surface area contributed by atoms with Crippen molar-refractivity contribution >= 4 is 23.7 Å². The average Bonchev–Trinajstić information content (AvgIpc) is 2.38. The summed E-state index contributed by atoms with van der Waals surface area (Å²) in [6.07, 6.45) is 0. The van der Waals surface area contributed by atoms with Crippen LogP contribution in [0.3, 0.4) is 0 Å². The molecule has 1 unspecified atom stereocenters. The number of hydrogen-bond acceptors (Lipinski definition) is 3.